The summed E-state index contributed by atoms with van der Waals surface area (Å²) < 4.78 is 27.4. The van der Waals surface area contributed by atoms with E-state index in [0.717, 1.165) is 45.2 Å². The van der Waals surface area contributed by atoms with E-state index in [0.29, 0.717) is 23.9 Å². The Morgan fingerprint density at radius 2 is 1.81 bits per heavy atom. The van der Waals surface area contributed by atoms with Crippen molar-refractivity contribution in [3.05, 3.63) is 29.8 Å². The molecule has 1 aromatic rings. The molecule has 4 rings (SSSR count). The molecule has 1 saturated carbocycles. The van der Waals surface area contributed by atoms with Crippen LogP contribution in [0.1, 0.15) is 49.4 Å². The molecule has 4 unspecified atom stereocenters. The molecule has 0 spiro atoms. The SMILES string of the molecule is CC1CCCCN1S(=O)(=O)c1ccc(C(=O)N2CC3CCC(N)C3C2)cc1. The molecule has 4 atom stereocenters. The first-order chi connectivity index (χ1) is 12.9. The minimum atomic E-state index is -3.50. The maximum absolute atomic E-state index is 12.9. The summed E-state index contributed by atoms with van der Waals surface area (Å²) in [6.07, 6.45) is 5.02. The van der Waals surface area contributed by atoms with Crippen molar-refractivity contribution in [2.45, 2.75) is 56.0 Å². The van der Waals surface area contributed by atoms with Gasteiger partial charge in [0.15, 0.2) is 0 Å². The Hall–Kier alpha value is -1.44. The summed E-state index contributed by atoms with van der Waals surface area (Å²) in [6, 6.07) is 6.68. The zero-order chi connectivity index (χ0) is 19.2. The Balaban J connectivity index is 1.48. The first kappa shape index (κ1) is 18.9. The topological polar surface area (TPSA) is 83.7 Å². The van der Waals surface area contributed by atoms with Crippen LogP contribution < -0.4 is 5.73 Å². The third-order valence-electron chi connectivity index (χ3n) is 6.65. The molecule has 1 aromatic carbocycles. The number of nitrogens with zero attached hydrogens (tertiary/aromatic N) is 2. The first-order valence-corrected chi connectivity index (χ1v) is 11.5. The third kappa shape index (κ3) is 3.41. The van der Waals surface area contributed by atoms with E-state index < -0.39 is 10.0 Å². The highest BCUT2D eigenvalue weighted by atomic mass is 32.2. The minimum absolute atomic E-state index is 0.0214. The van der Waals surface area contributed by atoms with Crippen LogP contribution in [0.2, 0.25) is 0 Å². The fraction of sp³-hybridized carbons (Fsp3) is 0.650. The van der Waals surface area contributed by atoms with Crippen molar-refractivity contribution in [1.29, 1.82) is 0 Å². The summed E-state index contributed by atoms with van der Waals surface area (Å²) in [7, 11) is -3.50. The molecule has 2 aliphatic heterocycles. The van der Waals surface area contributed by atoms with Gasteiger partial charge in [-0.3, -0.25) is 4.79 Å². The van der Waals surface area contributed by atoms with Crippen LogP contribution in [-0.4, -0.2) is 55.2 Å². The fourth-order valence-electron chi connectivity index (χ4n) is 4.99. The van der Waals surface area contributed by atoms with Crippen molar-refractivity contribution >= 4 is 15.9 Å². The summed E-state index contributed by atoms with van der Waals surface area (Å²) in [5.41, 5.74) is 6.71. The van der Waals surface area contributed by atoms with Gasteiger partial charge in [-0.25, -0.2) is 8.42 Å². The lowest BCUT2D eigenvalue weighted by atomic mass is 9.98. The molecule has 3 aliphatic rings. The normalized spacial score (nSPS) is 31.9. The van der Waals surface area contributed by atoms with Gasteiger partial charge in [-0.05, 0) is 68.7 Å². The van der Waals surface area contributed by atoms with Crippen molar-refractivity contribution in [3.8, 4) is 0 Å². The van der Waals surface area contributed by atoms with Crippen molar-refractivity contribution in [3.63, 3.8) is 0 Å². The van der Waals surface area contributed by atoms with Crippen molar-refractivity contribution in [1.82, 2.24) is 9.21 Å². The highest BCUT2D eigenvalue weighted by Gasteiger charge is 2.42. The molecule has 1 amide bonds. The number of sulfonamides is 1. The number of piperidine rings is 1. The van der Waals surface area contributed by atoms with Crippen LogP contribution in [0.5, 0.6) is 0 Å². The molecule has 2 saturated heterocycles. The molecule has 0 aromatic heterocycles. The molecule has 7 heteroatoms. The van der Waals surface area contributed by atoms with E-state index in [1.165, 1.54) is 0 Å². The number of carbonyl (C=O) groups excluding carboxylic acids is 1. The maximum atomic E-state index is 12.9. The summed E-state index contributed by atoms with van der Waals surface area (Å²) in [5.74, 6) is 0.908. The van der Waals surface area contributed by atoms with Crippen molar-refractivity contribution in [2.75, 3.05) is 19.6 Å². The second-order valence-electron chi connectivity index (χ2n) is 8.36. The van der Waals surface area contributed by atoms with Gasteiger partial charge in [-0.1, -0.05) is 6.42 Å². The lowest BCUT2D eigenvalue weighted by Gasteiger charge is -2.32. The largest absolute Gasteiger partial charge is 0.338 e. The number of benzene rings is 1. The van der Waals surface area contributed by atoms with E-state index in [1.54, 1.807) is 28.6 Å². The Morgan fingerprint density at radius 1 is 1.07 bits per heavy atom. The number of hydrogen-bond donors (Lipinski definition) is 1. The van der Waals surface area contributed by atoms with Crippen LogP contribution in [-0.2, 0) is 10.0 Å². The van der Waals surface area contributed by atoms with Crippen molar-refractivity contribution < 1.29 is 13.2 Å². The number of likely N-dealkylation sites (tertiary alicyclic amines) is 1. The smallest absolute Gasteiger partial charge is 0.253 e. The van der Waals surface area contributed by atoms with Gasteiger partial charge in [-0.2, -0.15) is 4.31 Å². The predicted molar refractivity (Wildman–Crippen MR) is 104 cm³/mol. The van der Waals surface area contributed by atoms with Crippen LogP contribution in [0.4, 0.5) is 0 Å². The summed E-state index contributed by atoms with van der Waals surface area (Å²) >= 11 is 0. The lowest BCUT2D eigenvalue weighted by molar-refractivity contribution is 0.0779. The summed E-state index contributed by atoms with van der Waals surface area (Å²) in [4.78, 5) is 15.0. The fourth-order valence-corrected chi connectivity index (χ4v) is 6.69. The third-order valence-corrected chi connectivity index (χ3v) is 8.68. The van der Waals surface area contributed by atoms with Gasteiger partial charge >= 0.3 is 0 Å². The second kappa shape index (κ2) is 7.18. The highest BCUT2D eigenvalue weighted by Crippen LogP contribution is 2.37. The van der Waals surface area contributed by atoms with E-state index in [2.05, 4.69) is 0 Å². The van der Waals surface area contributed by atoms with Gasteiger partial charge in [0.2, 0.25) is 10.0 Å². The highest BCUT2D eigenvalue weighted by molar-refractivity contribution is 7.89. The molecular weight excluding hydrogens is 362 g/mol. The van der Waals surface area contributed by atoms with Crippen LogP contribution in [0.15, 0.2) is 29.2 Å². The molecule has 6 nitrogen and oxygen atoms in total. The van der Waals surface area contributed by atoms with Gasteiger partial charge in [0.25, 0.3) is 5.91 Å². The lowest BCUT2D eigenvalue weighted by Crippen LogP contribution is -2.41. The quantitative estimate of drug-likeness (QED) is 0.855. The van der Waals surface area contributed by atoms with E-state index in [9.17, 15) is 13.2 Å². The molecule has 1 aliphatic carbocycles. The number of rotatable bonds is 3. The number of amides is 1. The predicted octanol–water partition coefficient (Wildman–Crippen LogP) is 2.06. The van der Waals surface area contributed by atoms with Crippen LogP contribution >= 0.6 is 0 Å². The Morgan fingerprint density at radius 3 is 2.48 bits per heavy atom. The molecule has 2 heterocycles. The van der Waals surface area contributed by atoms with Gasteiger partial charge in [0, 0.05) is 37.3 Å². The van der Waals surface area contributed by atoms with Gasteiger partial charge in [0.05, 0.1) is 4.90 Å². The number of nitrogens with two attached hydrogens (primary N) is 1. The zero-order valence-corrected chi connectivity index (χ0v) is 16.7. The van der Waals surface area contributed by atoms with Gasteiger partial charge in [-0.15, -0.1) is 0 Å². The molecule has 2 N–H and O–H groups in total. The van der Waals surface area contributed by atoms with Crippen molar-refractivity contribution in [2.24, 2.45) is 17.6 Å². The molecule has 148 valence electrons. The number of hydrogen-bond acceptors (Lipinski definition) is 4. The zero-order valence-electron chi connectivity index (χ0n) is 15.9. The van der Waals surface area contributed by atoms with Gasteiger partial charge in [0.1, 0.15) is 0 Å². The number of carbonyl (C=O) groups is 1. The maximum Gasteiger partial charge on any atom is 0.253 e. The van der Waals surface area contributed by atoms with Gasteiger partial charge < -0.3 is 10.6 Å². The van der Waals surface area contributed by atoms with Crippen LogP contribution in [0, 0.1) is 11.8 Å². The molecular formula is C20H29N3O3S. The Labute approximate surface area is 161 Å². The average Bonchev–Trinajstić information content (AvgIpc) is 3.24. The van der Waals surface area contributed by atoms with E-state index in [4.69, 9.17) is 5.73 Å². The Kier molecular flexibility index (Phi) is 5.03. The molecule has 27 heavy (non-hydrogen) atoms. The van der Waals surface area contributed by atoms with Crippen LogP contribution in [0.25, 0.3) is 0 Å². The first-order valence-electron chi connectivity index (χ1n) is 10.0. The number of fused-ring (bicyclic) bond motifs is 1. The molecule has 0 bridgehead atoms. The second-order valence-corrected chi connectivity index (χ2v) is 10.3. The van der Waals surface area contributed by atoms with E-state index in [-0.39, 0.29) is 22.9 Å². The monoisotopic (exact) mass is 391 g/mol. The standard InChI is InChI=1S/C20H29N3O3S/c1-14-4-2-3-11-23(14)27(25,26)17-8-5-15(6-9-17)20(24)22-12-16-7-10-19(21)18(16)13-22/h5-6,8-9,14,16,18-19H,2-4,7,10-13,21H2,1H3. The van der Waals surface area contributed by atoms with Crippen LogP contribution in [0.3, 0.4) is 0 Å². The molecule has 3 fully saturated rings. The summed E-state index contributed by atoms with van der Waals surface area (Å²) in [6.45, 7) is 4.02. The summed E-state index contributed by atoms with van der Waals surface area (Å²) in [5, 5.41) is 0. The van der Waals surface area contributed by atoms with E-state index in [1.807, 2.05) is 11.8 Å². The Bertz CT molecular complexity index is 808. The average molecular weight is 392 g/mol. The minimum Gasteiger partial charge on any atom is -0.338 e. The molecule has 0 radical (unpaired) electrons. The van der Waals surface area contributed by atoms with E-state index >= 15 is 0 Å².